The van der Waals surface area contributed by atoms with E-state index in [0.29, 0.717) is 5.70 Å². The lowest BCUT2D eigenvalue weighted by atomic mass is 10.2. The molecule has 0 spiro atoms. The van der Waals surface area contributed by atoms with Crippen molar-refractivity contribution < 1.29 is 0 Å². The number of aromatic nitrogens is 1. The summed E-state index contributed by atoms with van der Waals surface area (Å²) in [6.07, 6.45) is 1.71. The van der Waals surface area contributed by atoms with Crippen LogP contribution < -0.4 is 5.01 Å². The number of nitrogens with zero attached hydrogens (tertiary/aromatic N) is 5. The number of pyridine rings is 1. The lowest BCUT2D eigenvalue weighted by molar-refractivity contribution is 0.924. The van der Waals surface area contributed by atoms with Crippen molar-refractivity contribution in [3.8, 4) is 0 Å². The average Bonchev–Trinajstić information content (AvgIpc) is 3.15. The number of aliphatic imine (C=N–C) groups is 1. The Morgan fingerprint density at radius 2 is 2.17 bits per heavy atom. The molecule has 6 heteroatoms. The number of thioether (sulfide) groups is 1. The van der Waals surface area contributed by atoms with Gasteiger partial charge >= 0.3 is 0 Å². The van der Waals surface area contributed by atoms with E-state index in [1.165, 1.54) is 0 Å². The van der Waals surface area contributed by atoms with Crippen molar-refractivity contribution in [2.24, 2.45) is 15.3 Å². The Balaban J connectivity index is 1.73. The van der Waals surface area contributed by atoms with Gasteiger partial charge in [0.2, 0.25) is 0 Å². The molecule has 0 fully saturated rings. The van der Waals surface area contributed by atoms with E-state index >= 15 is 0 Å². The first-order valence-corrected chi connectivity index (χ1v) is 8.26. The molecule has 1 aromatic carbocycles. The van der Waals surface area contributed by atoms with Gasteiger partial charge in [-0.05, 0) is 24.3 Å². The van der Waals surface area contributed by atoms with Gasteiger partial charge in [-0.25, -0.2) is 5.01 Å². The van der Waals surface area contributed by atoms with Crippen LogP contribution in [0.15, 0.2) is 70.6 Å². The maximum absolute atomic E-state index is 4.50. The molecular formula is C17H17N5S. The van der Waals surface area contributed by atoms with E-state index in [1.54, 1.807) is 23.0 Å². The van der Waals surface area contributed by atoms with Gasteiger partial charge < -0.3 is 0 Å². The van der Waals surface area contributed by atoms with E-state index in [2.05, 4.69) is 39.0 Å². The second-order valence-corrected chi connectivity index (χ2v) is 6.04. The fourth-order valence-electron chi connectivity index (χ4n) is 2.11. The van der Waals surface area contributed by atoms with Crippen LogP contribution in [0.25, 0.3) is 5.70 Å². The third-order valence-corrected chi connectivity index (χ3v) is 4.34. The summed E-state index contributed by atoms with van der Waals surface area (Å²) in [6, 6.07) is 13.7. The van der Waals surface area contributed by atoms with Crippen molar-refractivity contribution in [1.29, 1.82) is 0 Å². The molecular weight excluding hydrogens is 306 g/mol. The highest BCUT2D eigenvalue weighted by Crippen LogP contribution is 2.23. The predicted octanol–water partition coefficient (Wildman–Crippen LogP) is 4.05. The van der Waals surface area contributed by atoms with E-state index in [1.807, 2.05) is 37.4 Å². The lowest BCUT2D eigenvalue weighted by Gasteiger charge is -2.12. The number of rotatable bonds is 5. The van der Waals surface area contributed by atoms with Gasteiger partial charge in [0.1, 0.15) is 5.70 Å². The van der Waals surface area contributed by atoms with E-state index in [4.69, 9.17) is 0 Å². The first-order chi connectivity index (χ1) is 11.2. The van der Waals surface area contributed by atoms with Crippen molar-refractivity contribution in [3.63, 3.8) is 0 Å². The summed E-state index contributed by atoms with van der Waals surface area (Å²) in [4.78, 5) is 8.71. The summed E-state index contributed by atoms with van der Waals surface area (Å²) in [5.41, 5.74) is 3.32. The SMILES string of the molecule is C=C(/N=N\N(C)c1cccc(C2=NCCS2)c1)c1ccccn1. The molecule has 2 heterocycles. The molecule has 0 atom stereocenters. The van der Waals surface area contributed by atoms with Gasteiger partial charge in [-0.15, -0.1) is 16.9 Å². The summed E-state index contributed by atoms with van der Waals surface area (Å²) in [6.45, 7) is 4.79. The summed E-state index contributed by atoms with van der Waals surface area (Å²) < 4.78 is 0. The van der Waals surface area contributed by atoms with Crippen LogP contribution in [0.1, 0.15) is 11.3 Å². The van der Waals surface area contributed by atoms with Gasteiger partial charge in [0, 0.05) is 31.1 Å². The molecule has 0 N–H and O–H groups in total. The summed E-state index contributed by atoms with van der Waals surface area (Å²) in [7, 11) is 1.86. The van der Waals surface area contributed by atoms with Crippen LogP contribution in [-0.2, 0) is 0 Å². The zero-order valence-corrected chi connectivity index (χ0v) is 13.7. The van der Waals surface area contributed by atoms with Crippen molar-refractivity contribution >= 4 is 28.2 Å². The molecule has 23 heavy (non-hydrogen) atoms. The molecule has 3 rings (SSSR count). The first kappa shape index (κ1) is 15.4. The molecule has 116 valence electrons. The van der Waals surface area contributed by atoms with Crippen LogP contribution in [0, 0.1) is 0 Å². The third-order valence-electron chi connectivity index (χ3n) is 3.31. The number of benzene rings is 1. The highest BCUT2D eigenvalue weighted by atomic mass is 32.2. The number of hydrogen-bond acceptors (Lipinski definition) is 5. The van der Waals surface area contributed by atoms with Crippen LogP contribution in [0.4, 0.5) is 5.69 Å². The van der Waals surface area contributed by atoms with Crippen LogP contribution in [0.3, 0.4) is 0 Å². The molecule has 0 bridgehead atoms. The van der Waals surface area contributed by atoms with Crippen molar-refractivity contribution in [2.45, 2.75) is 0 Å². The Kier molecular flexibility index (Phi) is 4.83. The third kappa shape index (κ3) is 3.84. The maximum atomic E-state index is 4.50. The van der Waals surface area contributed by atoms with Gasteiger partial charge in [0.05, 0.1) is 16.4 Å². The Morgan fingerprint density at radius 3 is 2.91 bits per heavy atom. The quantitative estimate of drug-likeness (QED) is 0.616. The number of anilines is 1. The van der Waals surface area contributed by atoms with Gasteiger partial charge in [-0.2, -0.15) is 0 Å². The van der Waals surface area contributed by atoms with E-state index in [0.717, 1.165) is 34.3 Å². The normalized spacial score (nSPS) is 14.0. The van der Waals surface area contributed by atoms with Crippen molar-refractivity contribution in [3.05, 3.63) is 66.5 Å². The average molecular weight is 323 g/mol. The van der Waals surface area contributed by atoms with E-state index in [9.17, 15) is 0 Å². The highest BCUT2D eigenvalue weighted by molar-refractivity contribution is 8.14. The Hall–Kier alpha value is -2.47. The standard InChI is InChI=1S/C17H17N5S/c1-13(16-8-3-4-9-18-16)20-21-22(2)15-7-5-6-14(12-15)17-19-10-11-23-17/h3-9,12H,1,10-11H2,2H3/b21-20-. The fourth-order valence-corrected chi connectivity index (χ4v) is 2.96. The molecule has 1 aliphatic heterocycles. The van der Waals surface area contributed by atoms with Gasteiger partial charge in [0.15, 0.2) is 0 Å². The minimum atomic E-state index is 0.532. The molecule has 0 saturated carbocycles. The second-order valence-electron chi connectivity index (χ2n) is 4.96. The molecule has 5 nitrogen and oxygen atoms in total. The van der Waals surface area contributed by atoms with Crippen LogP contribution >= 0.6 is 11.8 Å². The zero-order chi connectivity index (χ0) is 16.1. The molecule has 1 aromatic heterocycles. The van der Waals surface area contributed by atoms with Gasteiger partial charge in [-0.1, -0.05) is 30.0 Å². The molecule has 0 radical (unpaired) electrons. The highest BCUT2D eigenvalue weighted by Gasteiger charge is 2.11. The van der Waals surface area contributed by atoms with Crippen LogP contribution in [-0.4, -0.2) is 29.4 Å². The Bertz CT molecular complexity index is 755. The smallest absolute Gasteiger partial charge is 0.106 e. The molecule has 0 amide bonds. The monoisotopic (exact) mass is 323 g/mol. The minimum Gasteiger partial charge on any atom is -0.277 e. The largest absolute Gasteiger partial charge is 0.277 e. The van der Waals surface area contributed by atoms with Gasteiger partial charge in [0.25, 0.3) is 0 Å². The maximum Gasteiger partial charge on any atom is 0.106 e. The Labute approximate surface area is 139 Å². The zero-order valence-electron chi connectivity index (χ0n) is 12.9. The molecule has 0 saturated heterocycles. The van der Waals surface area contributed by atoms with Crippen molar-refractivity contribution in [2.75, 3.05) is 24.4 Å². The van der Waals surface area contributed by atoms with E-state index < -0.39 is 0 Å². The fraction of sp³-hybridized carbons (Fsp3) is 0.176. The van der Waals surface area contributed by atoms with Gasteiger partial charge in [-0.3, -0.25) is 9.98 Å². The minimum absolute atomic E-state index is 0.532. The van der Waals surface area contributed by atoms with Crippen molar-refractivity contribution in [1.82, 2.24) is 4.98 Å². The summed E-state index contributed by atoms with van der Waals surface area (Å²) in [5.74, 6) is 1.05. The Morgan fingerprint density at radius 1 is 1.26 bits per heavy atom. The predicted molar refractivity (Wildman–Crippen MR) is 96.8 cm³/mol. The first-order valence-electron chi connectivity index (χ1n) is 7.27. The topological polar surface area (TPSA) is 53.2 Å². The lowest BCUT2D eigenvalue weighted by Crippen LogP contribution is -2.08. The second kappa shape index (κ2) is 7.19. The molecule has 0 aliphatic carbocycles. The summed E-state index contributed by atoms with van der Waals surface area (Å²) in [5, 5.41) is 11.2. The molecule has 0 unspecified atom stereocenters. The molecule has 2 aromatic rings. The van der Waals surface area contributed by atoms with E-state index in [-0.39, 0.29) is 0 Å². The van der Waals surface area contributed by atoms with Crippen LogP contribution in [0.2, 0.25) is 0 Å². The molecule has 1 aliphatic rings. The van der Waals surface area contributed by atoms with Crippen LogP contribution in [0.5, 0.6) is 0 Å². The number of hydrogen-bond donors (Lipinski definition) is 0. The summed E-state index contributed by atoms with van der Waals surface area (Å²) >= 11 is 1.79.